The van der Waals surface area contributed by atoms with E-state index in [0.717, 1.165) is 34.1 Å². The van der Waals surface area contributed by atoms with Crippen molar-refractivity contribution in [2.45, 2.75) is 13.3 Å². The third-order valence-corrected chi connectivity index (χ3v) is 5.77. The maximum absolute atomic E-state index is 12.8. The summed E-state index contributed by atoms with van der Waals surface area (Å²) in [6, 6.07) is 31.0. The van der Waals surface area contributed by atoms with Gasteiger partial charge < -0.3 is 10.1 Å². The first-order valence-corrected chi connectivity index (χ1v) is 11.6. The second-order valence-corrected chi connectivity index (χ2v) is 8.15. The molecule has 1 aromatic heterocycles. The van der Waals surface area contributed by atoms with Gasteiger partial charge in [0.1, 0.15) is 11.5 Å². The number of aromatic amines is 1. The molecule has 0 aliphatic rings. The highest BCUT2D eigenvalue weighted by Gasteiger charge is 2.11. The average Bonchev–Trinajstić information content (AvgIpc) is 3.30. The number of fused-ring (bicyclic) bond motifs is 1. The van der Waals surface area contributed by atoms with Crippen molar-refractivity contribution < 1.29 is 9.53 Å². The van der Waals surface area contributed by atoms with Gasteiger partial charge in [-0.15, -0.1) is 0 Å². The monoisotopic (exact) mass is 459 g/mol. The summed E-state index contributed by atoms with van der Waals surface area (Å²) in [5.41, 5.74) is 5.25. The number of nitrogens with zero attached hydrogens (tertiary/aromatic N) is 1. The van der Waals surface area contributed by atoms with Crippen LogP contribution in [0.2, 0.25) is 0 Å². The molecule has 0 bridgehead atoms. The molecule has 1 heterocycles. The van der Waals surface area contributed by atoms with Crippen molar-refractivity contribution in [2.24, 2.45) is 0 Å². The molecule has 0 spiro atoms. The summed E-state index contributed by atoms with van der Waals surface area (Å²) < 4.78 is 6.08. The lowest BCUT2D eigenvalue weighted by Crippen LogP contribution is -2.14. The number of rotatable bonds is 7. The summed E-state index contributed by atoms with van der Waals surface area (Å²) in [6.07, 6.45) is 4.84. The second-order valence-electron chi connectivity index (χ2n) is 8.15. The van der Waals surface area contributed by atoms with Crippen molar-refractivity contribution >= 4 is 34.6 Å². The van der Waals surface area contributed by atoms with Crippen LogP contribution in [-0.2, 0) is 6.42 Å². The van der Waals surface area contributed by atoms with Crippen LogP contribution >= 0.6 is 0 Å². The smallest absolute Gasteiger partial charge is 0.255 e. The highest BCUT2D eigenvalue weighted by Crippen LogP contribution is 2.28. The highest BCUT2D eigenvalue weighted by atomic mass is 16.5. The molecule has 0 atom stereocenters. The van der Waals surface area contributed by atoms with Gasteiger partial charge in [-0.05, 0) is 54.0 Å². The minimum atomic E-state index is -0.130. The number of ether oxygens (including phenoxy) is 1. The number of nitrogens with one attached hydrogen (secondary N) is 2. The fourth-order valence-corrected chi connectivity index (χ4v) is 3.97. The zero-order chi connectivity index (χ0) is 24.0. The minimum Gasteiger partial charge on any atom is -0.457 e. The third kappa shape index (κ3) is 5.14. The van der Waals surface area contributed by atoms with E-state index < -0.39 is 0 Å². The molecular formula is C30H25N3O2. The van der Waals surface area contributed by atoms with Crippen LogP contribution in [0.5, 0.6) is 11.5 Å². The Morgan fingerprint density at radius 2 is 1.69 bits per heavy atom. The number of amides is 1. The molecule has 0 radical (unpaired) electrons. The third-order valence-electron chi connectivity index (χ3n) is 5.77. The van der Waals surface area contributed by atoms with E-state index in [-0.39, 0.29) is 5.91 Å². The van der Waals surface area contributed by atoms with Gasteiger partial charge in [0, 0.05) is 28.8 Å². The SMILES string of the molecule is CCc1ccccc1C(=O)Nc1cccc(Oc2ccc3c(/C=C/c4ccccc4)n[nH]c3c2)c1. The quantitative estimate of drug-likeness (QED) is 0.268. The number of carbonyl (C=O) groups excluding carboxylic acids is 1. The van der Waals surface area contributed by atoms with Gasteiger partial charge in [0.15, 0.2) is 0 Å². The van der Waals surface area contributed by atoms with Gasteiger partial charge in [-0.3, -0.25) is 9.89 Å². The fraction of sp³-hybridized carbons (Fsp3) is 0.0667. The van der Waals surface area contributed by atoms with Gasteiger partial charge in [0.05, 0.1) is 11.2 Å². The normalized spacial score (nSPS) is 11.1. The minimum absolute atomic E-state index is 0.130. The van der Waals surface area contributed by atoms with Crippen LogP contribution in [-0.4, -0.2) is 16.1 Å². The fourth-order valence-electron chi connectivity index (χ4n) is 3.97. The zero-order valence-corrected chi connectivity index (χ0v) is 19.4. The summed E-state index contributed by atoms with van der Waals surface area (Å²) in [5, 5.41) is 11.5. The first kappa shape index (κ1) is 22.2. The molecule has 5 nitrogen and oxygen atoms in total. The maximum Gasteiger partial charge on any atom is 0.255 e. The Bertz CT molecular complexity index is 1500. The Morgan fingerprint density at radius 3 is 2.54 bits per heavy atom. The van der Waals surface area contributed by atoms with Crippen LogP contribution in [0.1, 0.15) is 34.1 Å². The van der Waals surface area contributed by atoms with Gasteiger partial charge in [0.2, 0.25) is 0 Å². The molecule has 0 saturated heterocycles. The van der Waals surface area contributed by atoms with Crippen molar-refractivity contribution in [3.63, 3.8) is 0 Å². The topological polar surface area (TPSA) is 67.0 Å². The van der Waals surface area contributed by atoms with Crippen molar-refractivity contribution in [3.8, 4) is 11.5 Å². The largest absolute Gasteiger partial charge is 0.457 e. The van der Waals surface area contributed by atoms with Crippen molar-refractivity contribution in [1.82, 2.24) is 10.2 Å². The van der Waals surface area contributed by atoms with E-state index in [1.54, 1.807) is 0 Å². The molecule has 0 unspecified atom stereocenters. The molecule has 0 aliphatic carbocycles. The number of hydrogen-bond acceptors (Lipinski definition) is 3. The Morgan fingerprint density at radius 1 is 0.886 bits per heavy atom. The predicted molar refractivity (Wildman–Crippen MR) is 142 cm³/mol. The second kappa shape index (κ2) is 10.1. The van der Waals surface area contributed by atoms with Crippen LogP contribution in [0.25, 0.3) is 23.1 Å². The zero-order valence-electron chi connectivity index (χ0n) is 19.4. The summed E-state index contributed by atoms with van der Waals surface area (Å²) in [5.74, 6) is 1.18. The molecule has 4 aromatic carbocycles. The lowest BCUT2D eigenvalue weighted by Gasteiger charge is -2.11. The molecule has 2 N–H and O–H groups in total. The van der Waals surface area contributed by atoms with Crippen LogP contribution in [0.4, 0.5) is 5.69 Å². The molecule has 5 heteroatoms. The number of hydrogen-bond donors (Lipinski definition) is 2. The van der Waals surface area contributed by atoms with Crippen molar-refractivity contribution in [2.75, 3.05) is 5.32 Å². The lowest BCUT2D eigenvalue weighted by atomic mass is 10.0. The number of carbonyl (C=O) groups is 1. The number of aromatic nitrogens is 2. The number of benzene rings is 4. The first-order valence-electron chi connectivity index (χ1n) is 11.6. The van der Waals surface area contributed by atoms with Crippen LogP contribution < -0.4 is 10.1 Å². The van der Waals surface area contributed by atoms with Crippen molar-refractivity contribution in [1.29, 1.82) is 0 Å². The molecule has 172 valence electrons. The molecule has 0 aliphatic heterocycles. The highest BCUT2D eigenvalue weighted by molar-refractivity contribution is 6.05. The summed E-state index contributed by atoms with van der Waals surface area (Å²) in [4.78, 5) is 12.8. The number of anilines is 1. The van der Waals surface area contributed by atoms with E-state index in [1.807, 2.05) is 104 Å². The van der Waals surface area contributed by atoms with E-state index in [2.05, 4.69) is 27.6 Å². The van der Waals surface area contributed by atoms with Gasteiger partial charge in [-0.25, -0.2) is 0 Å². The Kier molecular flexibility index (Phi) is 6.39. The van der Waals surface area contributed by atoms with Gasteiger partial charge >= 0.3 is 0 Å². The van der Waals surface area contributed by atoms with E-state index in [4.69, 9.17) is 4.74 Å². The van der Waals surface area contributed by atoms with Crippen molar-refractivity contribution in [3.05, 3.63) is 119 Å². The molecule has 35 heavy (non-hydrogen) atoms. The van der Waals surface area contributed by atoms with E-state index in [1.165, 1.54) is 0 Å². The van der Waals surface area contributed by atoms with Gasteiger partial charge in [0.25, 0.3) is 5.91 Å². The maximum atomic E-state index is 12.8. The van der Waals surface area contributed by atoms with E-state index >= 15 is 0 Å². The average molecular weight is 460 g/mol. The standard InChI is InChI=1S/C30H25N3O2/c1-2-22-11-6-7-14-26(22)30(34)31-23-12-8-13-24(19-23)35-25-16-17-27-28(32-33-29(27)20-25)18-15-21-9-4-3-5-10-21/h3-20H,2H2,1H3,(H,31,34)(H,32,33)/b18-15+. The predicted octanol–water partition coefficient (Wildman–Crippen LogP) is 7.34. The Hall–Kier alpha value is -4.64. The molecule has 5 aromatic rings. The van der Waals surface area contributed by atoms with Gasteiger partial charge in [-0.2, -0.15) is 5.10 Å². The number of H-pyrrole nitrogens is 1. The molecule has 1 amide bonds. The van der Waals surface area contributed by atoms with E-state index in [9.17, 15) is 4.79 Å². The summed E-state index contributed by atoms with van der Waals surface area (Å²) in [7, 11) is 0. The molecule has 0 saturated carbocycles. The number of aryl methyl sites for hydroxylation is 1. The summed E-state index contributed by atoms with van der Waals surface area (Å²) in [6.45, 7) is 2.04. The summed E-state index contributed by atoms with van der Waals surface area (Å²) >= 11 is 0. The molecular weight excluding hydrogens is 434 g/mol. The van der Waals surface area contributed by atoms with Crippen LogP contribution in [0.3, 0.4) is 0 Å². The lowest BCUT2D eigenvalue weighted by molar-refractivity contribution is 0.102. The van der Waals surface area contributed by atoms with Gasteiger partial charge in [-0.1, -0.05) is 67.6 Å². The first-order chi connectivity index (χ1) is 17.2. The van der Waals surface area contributed by atoms with Crippen LogP contribution in [0.15, 0.2) is 97.1 Å². The van der Waals surface area contributed by atoms with Crippen LogP contribution in [0, 0.1) is 0 Å². The van der Waals surface area contributed by atoms with E-state index in [0.29, 0.717) is 22.7 Å². The Labute approximate surface area is 204 Å². The molecule has 0 fully saturated rings. The Balaban J connectivity index is 1.31. The molecule has 5 rings (SSSR count).